The van der Waals surface area contributed by atoms with Gasteiger partial charge >= 0.3 is 0 Å². The SMILES string of the molecule is Nc1cccc(C2OC(CN3CCC(O)C3)C(c3ccccc3)C(c3ccc(CO)cc3)O2)c1. The monoisotopic (exact) mass is 460 g/mol. The number of benzene rings is 3. The van der Waals surface area contributed by atoms with Crippen molar-refractivity contribution in [3.63, 3.8) is 0 Å². The number of anilines is 1. The van der Waals surface area contributed by atoms with Crippen molar-refractivity contribution in [1.82, 2.24) is 4.90 Å². The van der Waals surface area contributed by atoms with Gasteiger partial charge in [0.25, 0.3) is 0 Å². The van der Waals surface area contributed by atoms with Gasteiger partial charge in [-0.25, -0.2) is 0 Å². The molecule has 0 amide bonds. The van der Waals surface area contributed by atoms with Crippen LogP contribution in [0.1, 0.15) is 47.0 Å². The molecule has 2 saturated heterocycles. The van der Waals surface area contributed by atoms with Crippen molar-refractivity contribution >= 4 is 5.69 Å². The van der Waals surface area contributed by atoms with Crippen LogP contribution in [0, 0.1) is 0 Å². The average molecular weight is 461 g/mol. The maximum absolute atomic E-state index is 10.1. The lowest BCUT2D eigenvalue weighted by atomic mass is 9.83. The minimum Gasteiger partial charge on any atom is -0.399 e. The van der Waals surface area contributed by atoms with Crippen LogP contribution in [0.15, 0.2) is 78.9 Å². The molecular weight excluding hydrogens is 428 g/mol. The molecule has 2 aliphatic rings. The van der Waals surface area contributed by atoms with E-state index >= 15 is 0 Å². The Labute approximate surface area is 200 Å². The topological polar surface area (TPSA) is 88.2 Å². The highest BCUT2D eigenvalue weighted by Crippen LogP contribution is 2.47. The third-order valence-corrected chi connectivity index (χ3v) is 6.84. The van der Waals surface area contributed by atoms with E-state index in [4.69, 9.17) is 15.2 Å². The number of hydrogen-bond acceptors (Lipinski definition) is 6. The van der Waals surface area contributed by atoms with Gasteiger partial charge in [-0.15, -0.1) is 0 Å². The predicted molar refractivity (Wildman–Crippen MR) is 131 cm³/mol. The number of aliphatic hydroxyl groups excluding tert-OH is 2. The molecule has 2 aliphatic heterocycles. The van der Waals surface area contributed by atoms with Gasteiger partial charge in [-0.2, -0.15) is 0 Å². The fraction of sp³-hybridized carbons (Fsp3) is 0.357. The highest BCUT2D eigenvalue weighted by Gasteiger charge is 2.43. The van der Waals surface area contributed by atoms with Gasteiger partial charge < -0.3 is 25.4 Å². The fourth-order valence-electron chi connectivity index (χ4n) is 5.10. The third-order valence-electron chi connectivity index (χ3n) is 6.84. The van der Waals surface area contributed by atoms with Gasteiger partial charge in [-0.3, -0.25) is 4.90 Å². The number of rotatable bonds is 6. The molecule has 6 heteroatoms. The van der Waals surface area contributed by atoms with Crippen LogP contribution in [0.25, 0.3) is 0 Å². The molecule has 6 nitrogen and oxygen atoms in total. The van der Waals surface area contributed by atoms with Crippen LogP contribution in [-0.4, -0.2) is 47.0 Å². The van der Waals surface area contributed by atoms with Crippen LogP contribution in [0.2, 0.25) is 0 Å². The fourth-order valence-corrected chi connectivity index (χ4v) is 5.10. The molecule has 5 atom stereocenters. The van der Waals surface area contributed by atoms with E-state index < -0.39 is 6.29 Å². The number of hydrogen-bond donors (Lipinski definition) is 3. The minimum absolute atomic E-state index is 0.00283. The van der Waals surface area contributed by atoms with Crippen LogP contribution in [0.5, 0.6) is 0 Å². The number of nitrogens with zero attached hydrogens (tertiary/aromatic N) is 1. The minimum atomic E-state index is -0.566. The summed E-state index contributed by atoms with van der Waals surface area (Å²) in [7, 11) is 0. The molecular formula is C28H32N2O4. The van der Waals surface area contributed by atoms with E-state index in [-0.39, 0.29) is 30.8 Å². The first-order valence-corrected chi connectivity index (χ1v) is 11.9. The molecule has 2 heterocycles. The van der Waals surface area contributed by atoms with E-state index in [0.717, 1.165) is 35.2 Å². The Morgan fingerprint density at radius 3 is 2.32 bits per heavy atom. The number of likely N-dealkylation sites (tertiary alicyclic amines) is 1. The van der Waals surface area contributed by atoms with E-state index in [0.29, 0.717) is 18.8 Å². The van der Waals surface area contributed by atoms with Crippen molar-refractivity contribution in [3.05, 3.63) is 101 Å². The quantitative estimate of drug-likeness (QED) is 0.486. The van der Waals surface area contributed by atoms with Gasteiger partial charge in [0.1, 0.15) is 0 Å². The molecule has 0 aromatic heterocycles. The number of ether oxygens (including phenoxy) is 2. The molecule has 0 saturated carbocycles. The van der Waals surface area contributed by atoms with E-state index in [1.807, 2.05) is 66.7 Å². The first-order valence-electron chi connectivity index (χ1n) is 11.9. The average Bonchev–Trinajstić information content (AvgIpc) is 3.28. The molecule has 5 rings (SSSR count). The highest BCUT2D eigenvalue weighted by atomic mass is 16.7. The highest BCUT2D eigenvalue weighted by molar-refractivity contribution is 5.41. The molecule has 0 spiro atoms. The Bertz CT molecular complexity index is 1080. The summed E-state index contributed by atoms with van der Waals surface area (Å²) in [5.41, 5.74) is 10.7. The first kappa shape index (κ1) is 23.0. The molecule has 0 bridgehead atoms. The van der Waals surface area contributed by atoms with Crippen LogP contribution in [0.3, 0.4) is 0 Å². The lowest BCUT2D eigenvalue weighted by molar-refractivity contribution is -0.263. The number of nitrogen functional groups attached to an aromatic ring is 1. The standard InChI is InChI=1S/C28H32N2O4/c29-23-8-4-7-22(15-23)28-33-25(17-30-14-13-24(32)16-30)26(20-5-2-1-3-6-20)27(34-28)21-11-9-19(18-31)10-12-21/h1-12,15,24-28,31-32H,13-14,16-18,29H2. The van der Waals surface area contributed by atoms with Crippen molar-refractivity contribution in [1.29, 1.82) is 0 Å². The van der Waals surface area contributed by atoms with Crippen molar-refractivity contribution in [2.45, 2.75) is 43.5 Å². The van der Waals surface area contributed by atoms with Crippen molar-refractivity contribution < 1.29 is 19.7 Å². The first-order chi connectivity index (χ1) is 16.6. The van der Waals surface area contributed by atoms with E-state index in [9.17, 15) is 10.2 Å². The van der Waals surface area contributed by atoms with E-state index in [2.05, 4.69) is 17.0 Å². The zero-order valence-electron chi connectivity index (χ0n) is 19.2. The Hall–Kier alpha value is -2.74. The summed E-state index contributed by atoms with van der Waals surface area (Å²) >= 11 is 0. The van der Waals surface area contributed by atoms with E-state index in [1.165, 1.54) is 0 Å². The van der Waals surface area contributed by atoms with Gasteiger partial charge in [0.05, 0.1) is 24.9 Å². The molecule has 3 aromatic rings. The summed E-state index contributed by atoms with van der Waals surface area (Å²) in [5.74, 6) is -0.0452. The van der Waals surface area contributed by atoms with Gasteiger partial charge in [-0.1, -0.05) is 66.7 Å². The summed E-state index contributed by atoms with van der Waals surface area (Å²) in [4.78, 5) is 2.28. The van der Waals surface area contributed by atoms with Gasteiger partial charge in [0, 0.05) is 36.8 Å². The molecule has 178 valence electrons. The number of nitrogens with two attached hydrogens (primary N) is 1. The lowest BCUT2D eigenvalue weighted by Gasteiger charge is -2.44. The smallest absolute Gasteiger partial charge is 0.185 e. The van der Waals surface area contributed by atoms with Gasteiger partial charge in [0.15, 0.2) is 6.29 Å². The van der Waals surface area contributed by atoms with Crippen molar-refractivity contribution in [2.75, 3.05) is 25.4 Å². The van der Waals surface area contributed by atoms with Crippen LogP contribution in [-0.2, 0) is 16.1 Å². The zero-order chi connectivity index (χ0) is 23.5. The number of aliphatic hydroxyl groups is 2. The largest absolute Gasteiger partial charge is 0.399 e. The molecule has 0 aliphatic carbocycles. The normalized spacial score (nSPS) is 27.6. The van der Waals surface area contributed by atoms with Crippen LogP contribution >= 0.6 is 0 Å². The summed E-state index contributed by atoms with van der Waals surface area (Å²) in [6.07, 6.45) is -0.488. The molecule has 2 fully saturated rings. The van der Waals surface area contributed by atoms with Gasteiger partial charge in [0.2, 0.25) is 0 Å². The van der Waals surface area contributed by atoms with Gasteiger partial charge in [-0.05, 0) is 35.2 Å². The molecule has 4 N–H and O–H groups in total. The maximum Gasteiger partial charge on any atom is 0.185 e. The Morgan fingerprint density at radius 1 is 0.882 bits per heavy atom. The number of β-amino-alcohol motifs (C(OH)–C–C–N with tert-alkyl or cyclic N) is 1. The Balaban J connectivity index is 1.54. The second kappa shape index (κ2) is 10.3. The predicted octanol–water partition coefficient (Wildman–Crippen LogP) is 3.77. The summed E-state index contributed by atoms with van der Waals surface area (Å²) in [6, 6.07) is 25.9. The molecule has 5 unspecified atom stereocenters. The third kappa shape index (κ3) is 5.02. The van der Waals surface area contributed by atoms with Crippen molar-refractivity contribution in [3.8, 4) is 0 Å². The lowest BCUT2D eigenvalue weighted by Crippen LogP contribution is -2.44. The summed E-state index contributed by atoms with van der Waals surface area (Å²) in [6.45, 7) is 2.20. The molecule has 34 heavy (non-hydrogen) atoms. The Morgan fingerprint density at radius 2 is 1.65 bits per heavy atom. The van der Waals surface area contributed by atoms with E-state index in [1.54, 1.807) is 0 Å². The zero-order valence-corrected chi connectivity index (χ0v) is 19.2. The second-order valence-corrected chi connectivity index (χ2v) is 9.27. The van der Waals surface area contributed by atoms with Crippen molar-refractivity contribution in [2.24, 2.45) is 0 Å². The maximum atomic E-state index is 10.1. The van der Waals surface area contributed by atoms with Crippen LogP contribution < -0.4 is 5.73 Å². The molecule has 0 radical (unpaired) electrons. The summed E-state index contributed by atoms with van der Waals surface area (Å²) in [5, 5.41) is 19.6. The molecule has 3 aromatic carbocycles. The summed E-state index contributed by atoms with van der Waals surface area (Å²) < 4.78 is 13.3. The Kier molecular flexibility index (Phi) is 6.94. The second-order valence-electron chi connectivity index (χ2n) is 9.27. The van der Waals surface area contributed by atoms with Crippen LogP contribution in [0.4, 0.5) is 5.69 Å².